The lowest BCUT2D eigenvalue weighted by Gasteiger charge is -2.35. The fourth-order valence-corrected chi connectivity index (χ4v) is 3.74. The third-order valence-electron chi connectivity index (χ3n) is 5.16. The SMILES string of the molecule is O=c1oc2ccccc2n1CCN1CCN(CC2CCCO2)CC1. The van der Waals surface area contributed by atoms with Crippen LogP contribution in [0.3, 0.4) is 0 Å². The van der Waals surface area contributed by atoms with Crippen LogP contribution in [0, 0.1) is 0 Å². The Kier molecular flexibility index (Phi) is 4.69. The van der Waals surface area contributed by atoms with Gasteiger partial charge in [0.15, 0.2) is 5.58 Å². The van der Waals surface area contributed by atoms with Gasteiger partial charge >= 0.3 is 5.76 Å². The number of para-hydroxylation sites is 2. The Morgan fingerprint density at radius 3 is 2.62 bits per heavy atom. The van der Waals surface area contributed by atoms with E-state index in [0.717, 1.165) is 51.4 Å². The molecule has 0 amide bonds. The molecule has 1 aromatic heterocycles. The first-order valence-corrected chi connectivity index (χ1v) is 8.94. The van der Waals surface area contributed by atoms with Crippen LogP contribution < -0.4 is 5.76 Å². The molecular formula is C18H25N3O3. The van der Waals surface area contributed by atoms with Gasteiger partial charge in [-0.1, -0.05) is 12.1 Å². The van der Waals surface area contributed by atoms with Gasteiger partial charge in [-0.05, 0) is 25.0 Å². The monoisotopic (exact) mass is 331 g/mol. The minimum atomic E-state index is -0.256. The first-order valence-electron chi connectivity index (χ1n) is 8.94. The molecule has 6 heteroatoms. The summed E-state index contributed by atoms with van der Waals surface area (Å²) in [5, 5.41) is 0. The van der Waals surface area contributed by atoms with Crippen LogP contribution in [0.2, 0.25) is 0 Å². The molecule has 24 heavy (non-hydrogen) atoms. The summed E-state index contributed by atoms with van der Waals surface area (Å²) in [6, 6.07) is 7.62. The highest BCUT2D eigenvalue weighted by Crippen LogP contribution is 2.15. The molecule has 0 bridgehead atoms. The zero-order valence-electron chi connectivity index (χ0n) is 14.0. The Balaban J connectivity index is 1.29. The van der Waals surface area contributed by atoms with Gasteiger partial charge in [0.1, 0.15) is 0 Å². The number of ether oxygens (including phenoxy) is 1. The smallest absolute Gasteiger partial charge is 0.408 e. The quantitative estimate of drug-likeness (QED) is 0.829. The van der Waals surface area contributed by atoms with Crippen molar-refractivity contribution in [2.75, 3.05) is 45.9 Å². The predicted molar refractivity (Wildman–Crippen MR) is 92.3 cm³/mol. The van der Waals surface area contributed by atoms with Crippen molar-refractivity contribution in [2.24, 2.45) is 0 Å². The summed E-state index contributed by atoms with van der Waals surface area (Å²) >= 11 is 0. The number of rotatable bonds is 5. The van der Waals surface area contributed by atoms with Crippen LogP contribution in [0.15, 0.2) is 33.5 Å². The van der Waals surface area contributed by atoms with Gasteiger partial charge in [-0.2, -0.15) is 0 Å². The van der Waals surface area contributed by atoms with E-state index in [1.54, 1.807) is 4.57 Å². The lowest BCUT2D eigenvalue weighted by molar-refractivity contribution is 0.0498. The van der Waals surface area contributed by atoms with Crippen LogP contribution in [0.25, 0.3) is 11.1 Å². The Labute approximate surface area is 141 Å². The lowest BCUT2D eigenvalue weighted by atomic mass is 10.2. The topological polar surface area (TPSA) is 50.9 Å². The van der Waals surface area contributed by atoms with E-state index >= 15 is 0 Å². The van der Waals surface area contributed by atoms with E-state index in [1.807, 2.05) is 24.3 Å². The van der Waals surface area contributed by atoms with Gasteiger partial charge in [0.25, 0.3) is 0 Å². The van der Waals surface area contributed by atoms with Crippen molar-refractivity contribution in [1.82, 2.24) is 14.4 Å². The molecule has 1 aromatic carbocycles. The van der Waals surface area contributed by atoms with Gasteiger partial charge in [-0.3, -0.25) is 14.4 Å². The van der Waals surface area contributed by atoms with Gasteiger partial charge in [0.2, 0.25) is 0 Å². The second-order valence-corrected chi connectivity index (χ2v) is 6.76. The highest BCUT2D eigenvalue weighted by molar-refractivity contribution is 5.72. The minimum Gasteiger partial charge on any atom is -0.408 e. The number of nitrogens with zero attached hydrogens (tertiary/aromatic N) is 3. The molecule has 2 aromatic rings. The molecule has 0 radical (unpaired) electrons. The molecule has 2 saturated heterocycles. The molecule has 2 aliphatic rings. The van der Waals surface area contributed by atoms with E-state index in [2.05, 4.69) is 9.80 Å². The number of piperazine rings is 1. The molecule has 0 N–H and O–H groups in total. The van der Waals surface area contributed by atoms with Crippen molar-refractivity contribution in [1.29, 1.82) is 0 Å². The van der Waals surface area contributed by atoms with E-state index in [1.165, 1.54) is 12.8 Å². The molecule has 130 valence electrons. The van der Waals surface area contributed by atoms with E-state index in [9.17, 15) is 4.79 Å². The Morgan fingerprint density at radius 2 is 1.83 bits per heavy atom. The van der Waals surface area contributed by atoms with Gasteiger partial charge in [0.05, 0.1) is 11.6 Å². The van der Waals surface area contributed by atoms with E-state index in [-0.39, 0.29) is 5.76 Å². The van der Waals surface area contributed by atoms with Crippen LogP contribution in [0.1, 0.15) is 12.8 Å². The van der Waals surface area contributed by atoms with Crippen LogP contribution in [-0.2, 0) is 11.3 Å². The van der Waals surface area contributed by atoms with Crippen molar-refractivity contribution in [3.8, 4) is 0 Å². The highest BCUT2D eigenvalue weighted by atomic mass is 16.5. The summed E-state index contributed by atoms with van der Waals surface area (Å²) in [4.78, 5) is 16.9. The lowest BCUT2D eigenvalue weighted by Crippen LogP contribution is -2.49. The van der Waals surface area contributed by atoms with Crippen molar-refractivity contribution in [3.05, 3.63) is 34.8 Å². The number of fused-ring (bicyclic) bond motifs is 1. The number of hydrogen-bond donors (Lipinski definition) is 0. The second kappa shape index (κ2) is 7.09. The first kappa shape index (κ1) is 15.9. The standard InChI is InChI=1S/C18H25N3O3/c22-18-21(16-5-1-2-6-17(16)24-18)12-11-19-7-9-20(10-8-19)14-15-4-3-13-23-15/h1-2,5-6,15H,3-4,7-14H2. The van der Waals surface area contributed by atoms with Crippen LogP contribution in [0.5, 0.6) is 0 Å². The molecule has 0 saturated carbocycles. The van der Waals surface area contributed by atoms with Crippen LogP contribution in [0.4, 0.5) is 0 Å². The molecule has 2 fully saturated rings. The summed E-state index contributed by atoms with van der Waals surface area (Å²) < 4.78 is 12.8. The zero-order valence-corrected chi connectivity index (χ0v) is 14.0. The zero-order chi connectivity index (χ0) is 16.4. The summed E-state index contributed by atoms with van der Waals surface area (Å²) in [7, 11) is 0. The van der Waals surface area contributed by atoms with E-state index in [0.29, 0.717) is 18.2 Å². The number of oxazole rings is 1. The molecule has 2 aliphatic heterocycles. The van der Waals surface area contributed by atoms with Crippen molar-refractivity contribution in [3.63, 3.8) is 0 Å². The fraction of sp³-hybridized carbons (Fsp3) is 0.611. The average Bonchev–Trinajstić information content (AvgIpc) is 3.21. The van der Waals surface area contributed by atoms with Crippen molar-refractivity contribution >= 4 is 11.1 Å². The summed E-state index contributed by atoms with van der Waals surface area (Å²) in [5.41, 5.74) is 1.56. The van der Waals surface area contributed by atoms with E-state index in [4.69, 9.17) is 9.15 Å². The largest absolute Gasteiger partial charge is 0.419 e. The molecule has 0 aliphatic carbocycles. The normalized spacial score (nSPS) is 23.2. The number of hydrogen-bond acceptors (Lipinski definition) is 5. The van der Waals surface area contributed by atoms with Crippen molar-refractivity contribution < 1.29 is 9.15 Å². The summed E-state index contributed by atoms with van der Waals surface area (Å²) in [5.74, 6) is -0.256. The van der Waals surface area contributed by atoms with Crippen LogP contribution in [-0.4, -0.2) is 66.3 Å². The predicted octanol–water partition coefficient (Wildman–Crippen LogP) is 1.39. The first-order chi connectivity index (χ1) is 11.8. The van der Waals surface area contributed by atoms with Gasteiger partial charge < -0.3 is 9.15 Å². The molecule has 6 nitrogen and oxygen atoms in total. The molecule has 1 atom stereocenters. The molecule has 4 rings (SSSR count). The summed E-state index contributed by atoms with van der Waals surface area (Å²) in [6.07, 6.45) is 2.85. The summed E-state index contributed by atoms with van der Waals surface area (Å²) in [6.45, 7) is 7.84. The number of benzene rings is 1. The third kappa shape index (κ3) is 3.41. The highest BCUT2D eigenvalue weighted by Gasteiger charge is 2.22. The molecule has 3 heterocycles. The van der Waals surface area contributed by atoms with Crippen molar-refractivity contribution in [2.45, 2.75) is 25.5 Å². The maximum Gasteiger partial charge on any atom is 0.419 e. The van der Waals surface area contributed by atoms with Gasteiger partial charge in [-0.15, -0.1) is 0 Å². The maximum atomic E-state index is 12.0. The molecular weight excluding hydrogens is 306 g/mol. The Morgan fingerprint density at radius 1 is 1.04 bits per heavy atom. The minimum absolute atomic E-state index is 0.256. The average molecular weight is 331 g/mol. The van der Waals surface area contributed by atoms with Gasteiger partial charge in [0, 0.05) is 52.4 Å². The molecule has 1 unspecified atom stereocenters. The second-order valence-electron chi connectivity index (χ2n) is 6.76. The fourth-order valence-electron chi connectivity index (χ4n) is 3.74. The molecule has 0 spiro atoms. The van der Waals surface area contributed by atoms with Crippen LogP contribution >= 0.6 is 0 Å². The maximum absolute atomic E-state index is 12.0. The Bertz CT molecular complexity index is 724. The Hall–Kier alpha value is -1.63. The third-order valence-corrected chi connectivity index (χ3v) is 5.16. The van der Waals surface area contributed by atoms with E-state index < -0.39 is 0 Å². The number of aromatic nitrogens is 1. The van der Waals surface area contributed by atoms with Gasteiger partial charge in [-0.25, -0.2) is 4.79 Å².